The monoisotopic (exact) mass is 1550 g/mol. The van der Waals surface area contributed by atoms with Crippen LogP contribution in [0.3, 0.4) is 0 Å². The van der Waals surface area contributed by atoms with Crippen LogP contribution < -0.4 is 9.80 Å². The normalized spacial score (nSPS) is 11.6. The van der Waals surface area contributed by atoms with Crippen molar-refractivity contribution in [1.29, 1.82) is 0 Å². The Bertz CT molecular complexity index is 4860. The molecule has 0 saturated heterocycles. The van der Waals surface area contributed by atoms with Gasteiger partial charge in [0.15, 0.2) is 0 Å². The topological polar surface area (TPSA) is 59.9 Å². The molecule has 105 heavy (non-hydrogen) atoms. The van der Waals surface area contributed by atoms with Crippen LogP contribution in [0.15, 0.2) is 243 Å². The maximum Gasteiger partial charge on any atom is 3.00 e. The van der Waals surface area contributed by atoms with Crippen molar-refractivity contribution in [3.8, 4) is 51.2 Å². The van der Waals surface area contributed by atoms with Gasteiger partial charge in [0.2, 0.25) is 0 Å². The summed E-state index contributed by atoms with van der Waals surface area (Å²) in [7, 11) is 0. The average molecular weight is 1560 g/mol. The summed E-state index contributed by atoms with van der Waals surface area (Å²) in [4.78, 5) is 18.7. The van der Waals surface area contributed by atoms with E-state index in [4.69, 9.17) is 4.98 Å². The molecule has 0 fully saturated rings. The van der Waals surface area contributed by atoms with Gasteiger partial charge in [0, 0.05) is 88.4 Å². The summed E-state index contributed by atoms with van der Waals surface area (Å²) in [6.07, 6.45) is 13.8. The Labute approximate surface area is 638 Å². The van der Waals surface area contributed by atoms with Crippen LogP contribution in [0.1, 0.15) is 133 Å². The number of imidazole rings is 3. The molecule has 0 aliphatic carbocycles. The molecule has 0 saturated carbocycles. The number of para-hydroxylation sites is 4. The molecule has 0 bridgehead atoms. The van der Waals surface area contributed by atoms with Gasteiger partial charge >= 0.3 is 20.1 Å². The van der Waals surface area contributed by atoms with Crippen molar-refractivity contribution in [2.24, 2.45) is 0 Å². The van der Waals surface area contributed by atoms with Crippen LogP contribution in [0.25, 0.3) is 51.2 Å². The van der Waals surface area contributed by atoms with Gasteiger partial charge < -0.3 is 23.5 Å². The molecule has 9 heteroatoms. The second-order valence-corrected chi connectivity index (χ2v) is 27.9. The standard InChI is InChI=1S/C56H55N4.2C20H21N2.Ir/c1-8-45(46-29-31-47(32-30-46)56-57-33-34-58(56)55-43(6)41(4)40(3)42(5)44(55)7)35-39(2)48-36-53(59(49-21-13-9-14-22-49)50-23-15-10-16-24-50)38-54(37-48)60(51-25-17-11-18-26-51)52-27-19-12-20-28-52;2*1-13-14(2)16(4)19(17(5)15(13)3)22-12-11-21-20(22)18-9-7-6-8-10-18;/h9-31,33-34,36-39,45H,8,35H2,1-7H3;2*6-9,11-12H,1-5H3;/q3*-1;+3. The third-order valence-electron chi connectivity index (χ3n) is 22.2. The Hall–Kier alpha value is -10.7. The fraction of sp³-hybridized carbons (Fsp3) is 0.219. The van der Waals surface area contributed by atoms with Gasteiger partial charge in [-0.2, -0.15) is 0 Å². The number of benzene rings is 11. The number of hydrogen-bond acceptors (Lipinski definition) is 5. The van der Waals surface area contributed by atoms with Crippen molar-refractivity contribution in [3.63, 3.8) is 0 Å². The van der Waals surface area contributed by atoms with Gasteiger partial charge in [0.1, 0.15) is 0 Å². The van der Waals surface area contributed by atoms with E-state index in [9.17, 15) is 0 Å². The smallest absolute Gasteiger partial charge is 0.340 e. The van der Waals surface area contributed by atoms with Crippen LogP contribution in [0.2, 0.25) is 0 Å². The summed E-state index contributed by atoms with van der Waals surface area (Å²) in [5, 5.41) is 0. The second-order valence-electron chi connectivity index (χ2n) is 27.9. The Kier molecular flexibility index (Phi) is 24.0. The fourth-order valence-electron chi connectivity index (χ4n) is 14.9. The minimum absolute atomic E-state index is 0. The summed E-state index contributed by atoms with van der Waals surface area (Å²) in [5.74, 6) is 3.41. The zero-order valence-corrected chi connectivity index (χ0v) is 66.5. The van der Waals surface area contributed by atoms with Crippen molar-refractivity contribution < 1.29 is 20.1 Å². The first-order valence-corrected chi connectivity index (χ1v) is 36.5. The van der Waals surface area contributed by atoms with Gasteiger partial charge in [-0.3, -0.25) is 15.0 Å². The Balaban J connectivity index is 0.000000198. The minimum Gasteiger partial charge on any atom is -0.340 e. The molecule has 0 radical (unpaired) electrons. The third-order valence-corrected chi connectivity index (χ3v) is 22.2. The van der Waals surface area contributed by atoms with Crippen molar-refractivity contribution in [2.75, 3.05) is 9.80 Å². The zero-order chi connectivity index (χ0) is 73.5. The molecule has 0 amide bonds. The SMILES string of the molecule is CCC(CC(C)c1cc(N(c2ccccc2)c2ccccc2)cc(N(c2ccccc2)c2ccccc2)c1)c1c[c-]c(-c2nccn2-c2c(C)c(C)c(C)c(C)c2C)cc1.Cc1c(C)c(C)c(-n2ccnc2-c2[c-]cccc2)c(C)c1C.Cc1c(C)c(C)c(-n2ccnc2-c2[c-]cccc2)c(C)c1C.[Ir+3]. The fourth-order valence-corrected chi connectivity index (χ4v) is 14.9. The van der Waals surface area contributed by atoms with Crippen LogP contribution in [0.5, 0.6) is 0 Å². The van der Waals surface area contributed by atoms with Gasteiger partial charge in [-0.25, -0.2) is 0 Å². The van der Waals surface area contributed by atoms with Crippen LogP contribution in [0.4, 0.5) is 34.1 Å². The van der Waals surface area contributed by atoms with Crippen LogP contribution in [0, 0.1) is 122 Å². The molecule has 0 spiro atoms. The first-order chi connectivity index (χ1) is 50.3. The van der Waals surface area contributed by atoms with E-state index in [2.05, 4.69) is 345 Å². The summed E-state index contributed by atoms with van der Waals surface area (Å²) < 4.78 is 6.63. The molecule has 14 aromatic rings. The maximum absolute atomic E-state index is 4.87. The van der Waals surface area contributed by atoms with Crippen molar-refractivity contribution in [2.45, 2.75) is 142 Å². The predicted molar refractivity (Wildman–Crippen MR) is 436 cm³/mol. The Morgan fingerprint density at radius 3 is 0.895 bits per heavy atom. The van der Waals surface area contributed by atoms with Crippen molar-refractivity contribution >= 4 is 34.1 Å². The number of aromatic nitrogens is 6. The molecule has 11 aromatic carbocycles. The van der Waals surface area contributed by atoms with Gasteiger partial charge in [-0.1, -0.05) is 99.0 Å². The zero-order valence-electron chi connectivity index (χ0n) is 64.1. The molecule has 530 valence electrons. The Morgan fingerprint density at radius 1 is 0.324 bits per heavy atom. The summed E-state index contributed by atoms with van der Waals surface area (Å²) in [6.45, 7) is 37.8. The number of nitrogens with zero attached hydrogens (tertiary/aromatic N) is 8. The first kappa shape index (κ1) is 75.5. The summed E-state index contributed by atoms with van der Waals surface area (Å²) in [5.41, 5.74) is 36.1. The first-order valence-electron chi connectivity index (χ1n) is 36.5. The number of rotatable bonds is 17. The summed E-state index contributed by atoms with van der Waals surface area (Å²) >= 11 is 0. The molecule has 0 aliphatic heterocycles. The molecule has 0 aliphatic rings. The van der Waals surface area contributed by atoms with Crippen LogP contribution in [-0.4, -0.2) is 28.7 Å². The molecule has 8 nitrogen and oxygen atoms in total. The molecular weight excluding hydrogens is 1460 g/mol. The van der Waals surface area contributed by atoms with E-state index >= 15 is 0 Å². The molecular formula is C96H97IrN8. The van der Waals surface area contributed by atoms with E-state index in [0.29, 0.717) is 5.92 Å². The van der Waals surface area contributed by atoms with E-state index in [0.717, 1.165) is 81.1 Å². The predicted octanol–water partition coefficient (Wildman–Crippen LogP) is 25.3. The summed E-state index contributed by atoms with van der Waals surface area (Å²) in [6, 6.07) is 82.9. The largest absolute Gasteiger partial charge is 3.00 e. The molecule has 2 atom stereocenters. The quantitative estimate of drug-likeness (QED) is 0.0850. The molecule has 14 rings (SSSR count). The van der Waals surface area contributed by atoms with E-state index < -0.39 is 0 Å². The number of anilines is 6. The van der Waals surface area contributed by atoms with E-state index in [1.807, 2.05) is 67.4 Å². The minimum atomic E-state index is 0. The van der Waals surface area contributed by atoms with E-state index in [-0.39, 0.29) is 26.0 Å². The maximum atomic E-state index is 4.87. The molecule has 2 unspecified atom stereocenters. The third kappa shape index (κ3) is 15.6. The van der Waals surface area contributed by atoms with Crippen molar-refractivity contribution in [1.82, 2.24) is 28.7 Å². The number of hydrogen-bond donors (Lipinski definition) is 0. The van der Waals surface area contributed by atoms with Gasteiger partial charge in [-0.15, -0.1) is 107 Å². The van der Waals surface area contributed by atoms with Gasteiger partial charge in [0.05, 0.1) is 17.5 Å². The van der Waals surface area contributed by atoms with E-state index in [1.54, 1.807) is 0 Å². The Morgan fingerprint density at radius 2 is 0.619 bits per heavy atom. The van der Waals surface area contributed by atoms with Crippen LogP contribution >= 0.6 is 0 Å². The molecule has 3 aromatic heterocycles. The van der Waals surface area contributed by atoms with Gasteiger partial charge in [-0.05, 0) is 272 Å². The van der Waals surface area contributed by atoms with Crippen LogP contribution in [-0.2, 0) is 20.1 Å². The van der Waals surface area contributed by atoms with Gasteiger partial charge in [0.25, 0.3) is 0 Å². The molecule has 0 N–H and O–H groups in total. The second kappa shape index (κ2) is 33.4. The average Bonchev–Trinajstić information content (AvgIpc) is 1.47. The molecule has 3 heterocycles. The van der Waals surface area contributed by atoms with Crippen molar-refractivity contribution in [3.05, 3.63) is 356 Å². The van der Waals surface area contributed by atoms with E-state index in [1.165, 1.54) is 112 Å².